The van der Waals surface area contributed by atoms with Crippen molar-refractivity contribution in [3.63, 3.8) is 0 Å². The van der Waals surface area contributed by atoms with Crippen molar-refractivity contribution in [3.05, 3.63) is 23.8 Å². The molecule has 0 saturated carbocycles. The number of amides is 1. The smallest absolute Gasteiger partial charge is 0.233 e. The molecule has 1 aromatic rings. The van der Waals surface area contributed by atoms with Crippen molar-refractivity contribution >= 4 is 5.91 Å². The standard InChI is InChI=1S/C11H14N2O3/c12-6-11(14)13-4-3-8-1-2-9-10(5-8)16-7-15-9/h1-2,5H,3-4,6-7,12H2,(H,13,14). The largest absolute Gasteiger partial charge is 0.454 e. The lowest BCUT2D eigenvalue weighted by molar-refractivity contribution is -0.119. The van der Waals surface area contributed by atoms with Gasteiger partial charge in [-0.3, -0.25) is 4.79 Å². The topological polar surface area (TPSA) is 73.6 Å². The first-order valence-electron chi connectivity index (χ1n) is 5.15. The molecule has 0 atom stereocenters. The molecule has 5 heteroatoms. The summed E-state index contributed by atoms with van der Waals surface area (Å²) in [4.78, 5) is 10.9. The third kappa shape index (κ3) is 2.43. The molecule has 1 aromatic carbocycles. The molecule has 5 nitrogen and oxygen atoms in total. The van der Waals surface area contributed by atoms with E-state index in [1.54, 1.807) is 0 Å². The second-order valence-electron chi connectivity index (χ2n) is 3.49. The zero-order chi connectivity index (χ0) is 11.4. The second kappa shape index (κ2) is 4.85. The third-order valence-corrected chi connectivity index (χ3v) is 2.36. The lowest BCUT2D eigenvalue weighted by Crippen LogP contribution is -2.31. The van der Waals surface area contributed by atoms with Crippen molar-refractivity contribution in [2.24, 2.45) is 5.73 Å². The van der Waals surface area contributed by atoms with Crippen LogP contribution in [0.3, 0.4) is 0 Å². The Morgan fingerprint density at radius 1 is 1.38 bits per heavy atom. The average molecular weight is 222 g/mol. The summed E-state index contributed by atoms with van der Waals surface area (Å²) in [6.45, 7) is 0.888. The maximum absolute atomic E-state index is 10.9. The Morgan fingerprint density at radius 2 is 2.19 bits per heavy atom. The average Bonchev–Trinajstić information content (AvgIpc) is 2.76. The van der Waals surface area contributed by atoms with E-state index in [2.05, 4.69) is 5.32 Å². The fourth-order valence-corrected chi connectivity index (χ4v) is 1.51. The first kappa shape index (κ1) is 10.8. The van der Waals surface area contributed by atoms with Crippen LogP contribution in [0.4, 0.5) is 0 Å². The molecule has 0 bridgehead atoms. The Hall–Kier alpha value is -1.75. The van der Waals surface area contributed by atoms with Gasteiger partial charge < -0.3 is 20.5 Å². The summed E-state index contributed by atoms with van der Waals surface area (Å²) in [6.07, 6.45) is 0.752. The maximum Gasteiger partial charge on any atom is 0.233 e. The van der Waals surface area contributed by atoms with Crippen LogP contribution in [0, 0.1) is 0 Å². The van der Waals surface area contributed by atoms with Crippen LogP contribution >= 0.6 is 0 Å². The number of nitrogens with one attached hydrogen (secondary N) is 1. The molecule has 3 N–H and O–H groups in total. The Morgan fingerprint density at radius 3 is 3.00 bits per heavy atom. The number of hydrogen-bond donors (Lipinski definition) is 2. The second-order valence-corrected chi connectivity index (χ2v) is 3.49. The number of carbonyl (C=O) groups is 1. The molecular formula is C11H14N2O3. The predicted molar refractivity (Wildman–Crippen MR) is 58.3 cm³/mol. The number of carbonyl (C=O) groups excluding carboxylic acids is 1. The molecule has 0 saturated heterocycles. The minimum atomic E-state index is -0.138. The molecule has 16 heavy (non-hydrogen) atoms. The molecule has 1 aliphatic heterocycles. The van der Waals surface area contributed by atoms with Crippen LogP contribution in [0.1, 0.15) is 5.56 Å². The van der Waals surface area contributed by atoms with Gasteiger partial charge in [-0.2, -0.15) is 0 Å². The highest BCUT2D eigenvalue weighted by molar-refractivity contribution is 5.77. The molecule has 0 aliphatic carbocycles. The minimum Gasteiger partial charge on any atom is -0.454 e. The van der Waals surface area contributed by atoms with Crippen molar-refractivity contribution < 1.29 is 14.3 Å². The van der Waals surface area contributed by atoms with Gasteiger partial charge in [-0.25, -0.2) is 0 Å². The summed E-state index contributed by atoms with van der Waals surface area (Å²) in [7, 11) is 0. The van der Waals surface area contributed by atoms with Crippen molar-refractivity contribution in [2.45, 2.75) is 6.42 Å². The molecule has 1 heterocycles. The molecule has 0 unspecified atom stereocenters. The van der Waals surface area contributed by atoms with Gasteiger partial charge in [-0.1, -0.05) is 6.07 Å². The van der Waals surface area contributed by atoms with E-state index in [1.165, 1.54) is 0 Å². The van der Waals surface area contributed by atoms with E-state index in [9.17, 15) is 4.79 Å². The first-order chi connectivity index (χ1) is 7.79. The van der Waals surface area contributed by atoms with E-state index >= 15 is 0 Å². The summed E-state index contributed by atoms with van der Waals surface area (Å²) in [5.74, 6) is 1.40. The lowest BCUT2D eigenvalue weighted by atomic mass is 10.1. The summed E-state index contributed by atoms with van der Waals surface area (Å²) < 4.78 is 10.5. The summed E-state index contributed by atoms with van der Waals surface area (Å²) in [6, 6.07) is 5.77. The molecule has 1 amide bonds. The molecule has 0 radical (unpaired) electrons. The molecule has 0 fully saturated rings. The Labute approximate surface area is 93.5 Å². The van der Waals surface area contributed by atoms with Crippen LogP contribution in [0.2, 0.25) is 0 Å². The van der Waals surface area contributed by atoms with Gasteiger partial charge in [0, 0.05) is 6.54 Å². The summed E-state index contributed by atoms with van der Waals surface area (Å²) in [5, 5.41) is 2.71. The number of ether oxygens (including phenoxy) is 2. The van der Waals surface area contributed by atoms with Gasteiger partial charge >= 0.3 is 0 Å². The SMILES string of the molecule is NCC(=O)NCCc1ccc2c(c1)OCO2. The predicted octanol–water partition coefficient (Wildman–Crippen LogP) is 0.0327. The number of nitrogens with two attached hydrogens (primary N) is 1. The number of hydrogen-bond acceptors (Lipinski definition) is 4. The van der Waals surface area contributed by atoms with Gasteiger partial charge in [-0.05, 0) is 24.1 Å². The molecule has 1 aliphatic rings. The van der Waals surface area contributed by atoms with Gasteiger partial charge in [0.2, 0.25) is 12.7 Å². The van der Waals surface area contributed by atoms with Crippen LogP contribution in [0.5, 0.6) is 11.5 Å². The highest BCUT2D eigenvalue weighted by Gasteiger charge is 2.12. The summed E-state index contributed by atoms with van der Waals surface area (Å²) >= 11 is 0. The van der Waals surface area contributed by atoms with Crippen LogP contribution in [0.15, 0.2) is 18.2 Å². The Balaban J connectivity index is 1.88. The van der Waals surface area contributed by atoms with E-state index in [0.29, 0.717) is 6.54 Å². The van der Waals surface area contributed by atoms with Crippen LogP contribution in [-0.4, -0.2) is 25.8 Å². The van der Waals surface area contributed by atoms with Crippen molar-refractivity contribution in [2.75, 3.05) is 19.9 Å². The minimum absolute atomic E-state index is 0.0289. The summed E-state index contributed by atoms with van der Waals surface area (Å²) in [5.41, 5.74) is 6.28. The van der Waals surface area contributed by atoms with E-state index in [-0.39, 0.29) is 19.2 Å². The monoisotopic (exact) mass is 222 g/mol. The molecule has 86 valence electrons. The van der Waals surface area contributed by atoms with E-state index in [0.717, 1.165) is 23.5 Å². The maximum atomic E-state index is 10.9. The quantitative estimate of drug-likeness (QED) is 0.754. The molecule has 0 spiro atoms. The molecule has 0 aromatic heterocycles. The molecule has 2 rings (SSSR count). The third-order valence-electron chi connectivity index (χ3n) is 2.36. The fraction of sp³-hybridized carbons (Fsp3) is 0.364. The van der Waals surface area contributed by atoms with Crippen LogP contribution < -0.4 is 20.5 Å². The zero-order valence-electron chi connectivity index (χ0n) is 8.86. The van der Waals surface area contributed by atoms with Gasteiger partial charge in [-0.15, -0.1) is 0 Å². The Bertz CT molecular complexity index is 393. The van der Waals surface area contributed by atoms with E-state index in [4.69, 9.17) is 15.2 Å². The molecular weight excluding hydrogens is 208 g/mol. The van der Waals surface area contributed by atoms with Gasteiger partial charge in [0.1, 0.15) is 0 Å². The lowest BCUT2D eigenvalue weighted by Gasteiger charge is -2.04. The fourth-order valence-electron chi connectivity index (χ4n) is 1.51. The van der Waals surface area contributed by atoms with Gasteiger partial charge in [0.05, 0.1) is 6.54 Å². The number of rotatable bonds is 4. The number of benzene rings is 1. The van der Waals surface area contributed by atoms with Crippen molar-refractivity contribution in [3.8, 4) is 11.5 Å². The van der Waals surface area contributed by atoms with Crippen LogP contribution in [-0.2, 0) is 11.2 Å². The zero-order valence-corrected chi connectivity index (χ0v) is 8.86. The van der Waals surface area contributed by atoms with Crippen molar-refractivity contribution in [1.29, 1.82) is 0 Å². The first-order valence-corrected chi connectivity index (χ1v) is 5.15. The highest BCUT2D eigenvalue weighted by Crippen LogP contribution is 2.32. The normalized spacial score (nSPS) is 12.6. The van der Waals surface area contributed by atoms with E-state index < -0.39 is 0 Å². The van der Waals surface area contributed by atoms with Crippen LogP contribution in [0.25, 0.3) is 0 Å². The van der Waals surface area contributed by atoms with Gasteiger partial charge in [0.15, 0.2) is 11.5 Å². The highest BCUT2D eigenvalue weighted by atomic mass is 16.7. The van der Waals surface area contributed by atoms with Crippen molar-refractivity contribution in [1.82, 2.24) is 5.32 Å². The number of fused-ring (bicyclic) bond motifs is 1. The van der Waals surface area contributed by atoms with Gasteiger partial charge in [0.25, 0.3) is 0 Å². The Kier molecular flexibility index (Phi) is 3.26. The van der Waals surface area contributed by atoms with E-state index in [1.807, 2.05) is 18.2 Å².